The van der Waals surface area contributed by atoms with E-state index in [2.05, 4.69) is 28.2 Å². The number of nitrogens with zero attached hydrogens (tertiary/aromatic N) is 2. The zero-order valence-corrected chi connectivity index (χ0v) is 10.9. The summed E-state index contributed by atoms with van der Waals surface area (Å²) in [4.78, 5) is 18.8. The van der Waals surface area contributed by atoms with Crippen LogP contribution in [0.2, 0.25) is 0 Å². The van der Waals surface area contributed by atoms with Gasteiger partial charge in [-0.3, -0.25) is 4.79 Å². The van der Waals surface area contributed by atoms with Gasteiger partial charge in [0, 0.05) is 31.6 Å². The molecule has 3 heterocycles. The van der Waals surface area contributed by atoms with Crippen molar-refractivity contribution in [2.45, 2.75) is 38.8 Å². The van der Waals surface area contributed by atoms with Gasteiger partial charge in [0.2, 0.25) is 0 Å². The van der Waals surface area contributed by atoms with Crippen LogP contribution in [0.5, 0.6) is 0 Å². The van der Waals surface area contributed by atoms with Gasteiger partial charge in [0.1, 0.15) is 11.5 Å². The molecule has 3 rings (SSSR count). The molecule has 2 atom stereocenters. The van der Waals surface area contributed by atoms with Gasteiger partial charge in [-0.05, 0) is 25.0 Å². The van der Waals surface area contributed by atoms with E-state index >= 15 is 0 Å². The van der Waals surface area contributed by atoms with E-state index in [4.69, 9.17) is 0 Å². The first-order valence-corrected chi connectivity index (χ1v) is 6.73. The van der Waals surface area contributed by atoms with Crippen LogP contribution in [-0.4, -0.2) is 35.9 Å². The Balaban J connectivity index is 1.99. The smallest absolute Gasteiger partial charge is 0.180 e. The molecule has 0 amide bonds. The first-order valence-electron chi connectivity index (χ1n) is 6.73. The van der Waals surface area contributed by atoms with Gasteiger partial charge < -0.3 is 10.2 Å². The normalized spacial score (nSPS) is 25.8. The molecule has 0 saturated carbocycles. The van der Waals surface area contributed by atoms with E-state index in [0.29, 0.717) is 24.2 Å². The summed E-state index contributed by atoms with van der Waals surface area (Å²) in [5.41, 5.74) is 1.89. The van der Waals surface area contributed by atoms with Gasteiger partial charge in [-0.15, -0.1) is 0 Å². The van der Waals surface area contributed by atoms with Crippen LogP contribution < -0.4 is 10.2 Å². The van der Waals surface area contributed by atoms with Crippen LogP contribution in [0.15, 0.2) is 12.1 Å². The summed E-state index contributed by atoms with van der Waals surface area (Å²) in [5.74, 6) is 1.16. The van der Waals surface area contributed by atoms with Crippen molar-refractivity contribution in [1.29, 1.82) is 0 Å². The van der Waals surface area contributed by atoms with Crippen molar-refractivity contribution < 1.29 is 4.79 Å². The van der Waals surface area contributed by atoms with E-state index in [0.717, 1.165) is 25.3 Å². The first kappa shape index (κ1) is 11.7. The van der Waals surface area contributed by atoms with Gasteiger partial charge in [0.15, 0.2) is 5.78 Å². The minimum Gasteiger partial charge on any atom is -0.348 e. The van der Waals surface area contributed by atoms with Crippen LogP contribution in [0.4, 0.5) is 5.82 Å². The monoisotopic (exact) mass is 245 g/mol. The summed E-state index contributed by atoms with van der Waals surface area (Å²) in [7, 11) is 0. The number of ketones is 1. The summed E-state index contributed by atoms with van der Waals surface area (Å²) < 4.78 is 0. The highest BCUT2D eigenvalue weighted by molar-refractivity contribution is 5.94. The van der Waals surface area contributed by atoms with E-state index in [1.165, 1.54) is 5.56 Å². The zero-order chi connectivity index (χ0) is 12.7. The highest BCUT2D eigenvalue weighted by Gasteiger charge is 2.36. The maximum Gasteiger partial charge on any atom is 0.180 e. The molecular weight excluding hydrogens is 226 g/mol. The van der Waals surface area contributed by atoms with Crippen molar-refractivity contribution in [2.24, 2.45) is 0 Å². The number of nitrogens with one attached hydrogen (secondary N) is 1. The molecule has 4 nitrogen and oxygen atoms in total. The number of Topliss-reactive ketones (excluding diaryl/α,β-unsaturated/α-hetero) is 1. The number of fused-ring (bicyclic) bond motifs is 3. The van der Waals surface area contributed by atoms with Crippen LogP contribution in [-0.2, 0) is 6.42 Å². The van der Waals surface area contributed by atoms with E-state index in [1.807, 2.05) is 13.0 Å². The Hall–Kier alpha value is -1.42. The van der Waals surface area contributed by atoms with Gasteiger partial charge in [-0.2, -0.15) is 0 Å². The number of pyridine rings is 1. The molecule has 2 unspecified atom stereocenters. The van der Waals surface area contributed by atoms with Gasteiger partial charge in [-0.1, -0.05) is 13.0 Å². The summed E-state index contributed by atoms with van der Waals surface area (Å²) in [5, 5.41) is 3.45. The Kier molecular flexibility index (Phi) is 2.82. The molecule has 1 aromatic heterocycles. The number of carbonyl (C=O) groups is 1. The van der Waals surface area contributed by atoms with Crippen LogP contribution >= 0.6 is 0 Å². The lowest BCUT2D eigenvalue weighted by molar-refractivity contribution is 0.0983. The lowest BCUT2D eigenvalue weighted by atomic mass is 10.1. The van der Waals surface area contributed by atoms with Crippen LogP contribution in [0.25, 0.3) is 0 Å². The predicted octanol–water partition coefficient (Wildman–Crippen LogP) is 1.40. The van der Waals surface area contributed by atoms with Gasteiger partial charge in [0.25, 0.3) is 0 Å². The van der Waals surface area contributed by atoms with E-state index in [-0.39, 0.29) is 5.78 Å². The molecule has 0 bridgehead atoms. The molecule has 0 aromatic carbocycles. The summed E-state index contributed by atoms with van der Waals surface area (Å²) in [6.45, 7) is 6.10. The Bertz CT molecular complexity index is 486. The Morgan fingerprint density at radius 2 is 2.33 bits per heavy atom. The second kappa shape index (κ2) is 4.35. The van der Waals surface area contributed by atoms with Crippen LogP contribution in [0.1, 0.15) is 36.3 Å². The molecule has 1 fully saturated rings. The Labute approximate surface area is 107 Å². The highest BCUT2D eigenvalue weighted by atomic mass is 16.1. The molecule has 2 aliphatic rings. The maximum absolute atomic E-state index is 11.8. The fourth-order valence-corrected chi connectivity index (χ4v) is 3.02. The summed E-state index contributed by atoms with van der Waals surface area (Å²) in [6.07, 6.45) is 1.56. The number of hydrogen-bond donors (Lipinski definition) is 1. The van der Waals surface area contributed by atoms with Crippen LogP contribution in [0.3, 0.4) is 0 Å². The van der Waals surface area contributed by atoms with Crippen molar-refractivity contribution >= 4 is 11.6 Å². The molecule has 18 heavy (non-hydrogen) atoms. The number of piperazine rings is 1. The van der Waals surface area contributed by atoms with E-state index in [1.54, 1.807) is 0 Å². The molecule has 0 radical (unpaired) electrons. The lowest BCUT2D eigenvalue weighted by Gasteiger charge is -2.37. The molecule has 96 valence electrons. The molecule has 1 aromatic rings. The lowest BCUT2D eigenvalue weighted by Crippen LogP contribution is -2.55. The minimum absolute atomic E-state index is 0.129. The maximum atomic E-state index is 11.8. The predicted molar refractivity (Wildman–Crippen MR) is 71.2 cm³/mol. The van der Waals surface area contributed by atoms with Gasteiger partial charge >= 0.3 is 0 Å². The number of rotatable bonds is 2. The third kappa shape index (κ3) is 1.72. The van der Waals surface area contributed by atoms with E-state index < -0.39 is 0 Å². The minimum atomic E-state index is 0.129. The summed E-state index contributed by atoms with van der Waals surface area (Å²) in [6, 6.07) is 4.91. The standard InChI is InChI=1S/C14H19N3O/c1-3-13(18)12-5-4-10-6-11-8-15-7-9(2)17(11)14(10)16-12/h4-5,9,11,15H,3,6-8H2,1-2H3. The summed E-state index contributed by atoms with van der Waals surface area (Å²) >= 11 is 0. The van der Waals surface area contributed by atoms with Gasteiger partial charge in [-0.25, -0.2) is 4.98 Å². The van der Waals surface area contributed by atoms with Gasteiger partial charge in [0.05, 0.1) is 0 Å². The highest BCUT2D eigenvalue weighted by Crippen LogP contribution is 2.33. The Morgan fingerprint density at radius 3 is 3.11 bits per heavy atom. The number of hydrogen-bond acceptors (Lipinski definition) is 4. The molecule has 0 aliphatic carbocycles. The van der Waals surface area contributed by atoms with Crippen molar-refractivity contribution in [1.82, 2.24) is 10.3 Å². The fourth-order valence-electron chi connectivity index (χ4n) is 3.02. The second-order valence-electron chi connectivity index (χ2n) is 5.23. The second-order valence-corrected chi connectivity index (χ2v) is 5.23. The third-order valence-corrected chi connectivity index (χ3v) is 3.95. The zero-order valence-electron chi connectivity index (χ0n) is 10.9. The average molecular weight is 245 g/mol. The fraction of sp³-hybridized carbons (Fsp3) is 0.571. The third-order valence-electron chi connectivity index (χ3n) is 3.95. The number of anilines is 1. The molecule has 2 aliphatic heterocycles. The first-order chi connectivity index (χ1) is 8.70. The van der Waals surface area contributed by atoms with Crippen molar-refractivity contribution in [3.8, 4) is 0 Å². The van der Waals surface area contributed by atoms with Crippen molar-refractivity contribution in [2.75, 3.05) is 18.0 Å². The molecule has 4 heteroatoms. The van der Waals surface area contributed by atoms with Crippen molar-refractivity contribution in [3.05, 3.63) is 23.4 Å². The average Bonchev–Trinajstić information content (AvgIpc) is 2.76. The molecule has 0 spiro atoms. The SMILES string of the molecule is CCC(=O)c1ccc2c(n1)N1C(C)CNCC1C2. The molecule has 1 saturated heterocycles. The molecular formula is C14H19N3O. The largest absolute Gasteiger partial charge is 0.348 e. The van der Waals surface area contributed by atoms with Crippen molar-refractivity contribution in [3.63, 3.8) is 0 Å². The quantitative estimate of drug-likeness (QED) is 0.800. The molecule has 1 N–H and O–H groups in total. The van der Waals surface area contributed by atoms with Crippen LogP contribution in [0, 0.1) is 0 Å². The Morgan fingerprint density at radius 1 is 1.50 bits per heavy atom. The topological polar surface area (TPSA) is 45.2 Å². The number of carbonyl (C=O) groups excluding carboxylic acids is 1. The number of aromatic nitrogens is 1. The van der Waals surface area contributed by atoms with E-state index in [9.17, 15) is 4.79 Å².